The summed E-state index contributed by atoms with van der Waals surface area (Å²) in [5.74, 6) is 1.00. The van der Waals surface area contributed by atoms with Crippen molar-refractivity contribution >= 4 is 11.0 Å². The second-order valence-corrected chi connectivity index (χ2v) is 5.79. The predicted molar refractivity (Wildman–Crippen MR) is 86.4 cm³/mol. The third-order valence-corrected chi connectivity index (χ3v) is 4.67. The molecule has 0 radical (unpaired) electrons. The van der Waals surface area contributed by atoms with Gasteiger partial charge in [0, 0.05) is 43.7 Å². The number of rotatable bonds is 4. The fraction of sp³-hybridized carbons (Fsp3) is 0.529. The van der Waals surface area contributed by atoms with Gasteiger partial charge in [0.1, 0.15) is 11.3 Å². The summed E-state index contributed by atoms with van der Waals surface area (Å²) < 4.78 is 5.92. The standard InChI is InChI=1S/C17H25N3O/c1-3-19-8-10-20(11-9-19)15(12-18)17-13(2)21-16-7-5-4-6-14(16)17/h4-7,15H,3,8-12,18H2,1-2H3. The number of likely N-dealkylation sites (N-methyl/N-ethyl adjacent to an activating group) is 1. The second kappa shape index (κ2) is 6.18. The Morgan fingerprint density at radius 1 is 1.19 bits per heavy atom. The first-order chi connectivity index (χ1) is 10.2. The zero-order valence-electron chi connectivity index (χ0n) is 13.0. The van der Waals surface area contributed by atoms with Crippen LogP contribution < -0.4 is 5.73 Å². The van der Waals surface area contributed by atoms with E-state index in [4.69, 9.17) is 10.2 Å². The van der Waals surface area contributed by atoms with Crippen molar-refractivity contribution in [1.82, 2.24) is 9.80 Å². The molecule has 1 atom stereocenters. The minimum absolute atomic E-state index is 0.257. The largest absolute Gasteiger partial charge is 0.461 e. The van der Waals surface area contributed by atoms with Crippen molar-refractivity contribution < 1.29 is 4.42 Å². The summed E-state index contributed by atoms with van der Waals surface area (Å²) in [6.45, 7) is 10.5. The van der Waals surface area contributed by atoms with Gasteiger partial charge in [-0.3, -0.25) is 4.90 Å². The molecule has 2 N–H and O–H groups in total. The SMILES string of the molecule is CCN1CCN(C(CN)c2c(C)oc3ccccc23)CC1. The van der Waals surface area contributed by atoms with Gasteiger partial charge in [0.2, 0.25) is 0 Å². The Morgan fingerprint density at radius 3 is 2.57 bits per heavy atom. The molecule has 1 unspecified atom stereocenters. The van der Waals surface area contributed by atoms with Gasteiger partial charge in [0.05, 0.1) is 6.04 Å². The van der Waals surface area contributed by atoms with Crippen LogP contribution in [0.1, 0.15) is 24.3 Å². The topological polar surface area (TPSA) is 45.6 Å². The molecule has 0 amide bonds. The van der Waals surface area contributed by atoms with Gasteiger partial charge in [-0.05, 0) is 19.5 Å². The van der Waals surface area contributed by atoms with Crippen LogP contribution in [0.15, 0.2) is 28.7 Å². The molecule has 0 bridgehead atoms. The summed E-state index contributed by atoms with van der Waals surface area (Å²) in [4.78, 5) is 5.00. The normalized spacial score (nSPS) is 19.2. The molecule has 1 aliphatic rings. The minimum Gasteiger partial charge on any atom is -0.461 e. The predicted octanol–water partition coefficient (Wildman–Crippen LogP) is 2.38. The average molecular weight is 287 g/mol. The quantitative estimate of drug-likeness (QED) is 0.938. The zero-order valence-corrected chi connectivity index (χ0v) is 13.0. The first kappa shape index (κ1) is 14.6. The van der Waals surface area contributed by atoms with E-state index >= 15 is 0 Å². The van der Waals surface area contributed by atoms with Crippen LogP contribution in [0.2, 0.25) is 0 Å². The summed E-state index contributed by atoms with van der Waals surface area (Å²) in [6.07, 6.45) is 0. The summed E-state index contributed by atoms with van der Waals surface area (Å²) in [7, 11) is 0. The third-order valence-electron chi connectivity index (χ3n) is 4.67. The number of hydrogen-bond acceptors (Lipinski definition) is 4. The number of hydrogen-bond donors (Lipinski definition) is 1. The highest BCUT2D eigenvalue weighted by molar-refractivity contribution is 5.82. The Hall–Kier alpha value is -1.36. The second-order valence-electron chi connectivity index (χ2n) is 5.79. The van der Waals surface area contributed by atoms with Crippen LogP contribution in [0.5, 0.6) is 0 Å². The molecule has 4 nitrogen and oxygen atoms in total. The maximum Gasteiger partial charge on any atom is 0.134 e. The van der Waals surface area contributed by atoms with Crippen LogP contribution in [0.3, 0.4) is 0 Å². The van der Waals surface area contributed by atoms with Crippen LogP contribution >= 0.6 is 0 Å². The van der Waals surface area contributed by atoms with Crippen LogP contribution in [0, 0.1) is 6.92 Å². The van der Waals surface area contributed by atoms with Gasteiger partial charge in [-0.15, -0.1) is 0 Å². The molecular formula is C17H25N3O. The van der Waals surface area contributed by atoms with Crippen LogP contribution in [-0.2, 0) is 0 Å². The van der Waals surface area contributed by atoms with E-state index in [-0.39, 0.29) is 6.04 Å². The van der Waals surface area contributed by atoms with Crippen molar-refractivity contribution in [1.29, 1.82) is 0 Å². The van der Waals surface area contributed by atoms with Crippen LogP contribution in [0.25, 0.3) is 11.0 Å². The number of para-hydroxylation sites is 1. The van der Waals surface area contributed by atoms with Gasteiger partial charge >= 0.3 is 0 Å². The highest BCUT2D eigenvalue weighted by Gasteiger charge is 2.27. The van der Waals surface area contributed by atoms with Crippen molar-refractivity contribution in [2.45, 2.75) is 19.9 Å². The van der Waals surface area contributed by atoms with Crippen molar-refractivity contribution in [3.8, 4) is 0 Å². The zero-order chi connectivity index (χ0) is 14.8. The van der Waals surface area contributed by atoms with Gasteiger partial charge in [-0.2, -0.15) is 0 Å². The number of fused-ring (bicyclic) bond motifs is 1. The van der Waals surface area contributed by atoms with Gasteiger partial charge in [-0.25, -0.2) is 0 Å². The van der Waals surface area contributed by atoms with E-state index in [2.05, 4.69) is 35.8 Å². The number of piperazine rings is 1. The molecule has 1 aromatic carbocycles. The number of aryl methyl sites for hydroxylation is 1. The van der Waals surface area contributed by atoms with Gasteiger partial charge in [0.25, 0.3) is 0 Å². The van der Waals surface area contributed by atoms with E-state index in [9.17, 15) is 0 Å². The fourth-order valence-electron chi connectivity index (χ4n) is 3.44. The van der Waals surface area contributed by atoms with E-state index < -0.39 is 0 Å². The van der Waals surface area contributed by atoms with Gasteiger partial charge < -0.3 is 15.1 Å². The molecule has 0 spiro atoms. The van der Waals surface area contributed by atoms with Crippen molar-refractivity contribution in [3.63, 3.8) is 0 Å². The lowest BCUT2D eigenvalue weighted by atomic mass is 10.0. The fourth-order valence-corrected chi connectivity index (χ4v) is 3.44. The Kier molecular flexibility index (Phi) is 4.29. The number of furan rings is 1. The first-order valence-corrected chi connectivity index (χ1v) is 7.89. The summed E-state index contributed by atoms with van der Waals surface area (Å²) in [6, 6.07) is 8.53. The molecule has 0 saturated carbocycles. The summed E-state index contributed by atoms with van der Waals surface area (Å²) in [5, 5.41) is 1.21. The van der Waals surface area contributed by atoms with E-state index in [1.165, 1.54) is 10.9 Å². The maximum absolute atomic E-state index is 6.12. The molecule has 1 aromatic heterocycles. The van der Waals surface area contributed by atoms with Gasteiger partial charge in [0.15, 0.2) is 0 Å². The Balaban J connectivity index is 1.90. The lowest BCUT2D eigenvalue weighted by molar-refractivity contribution is 0.102. The summed E-state index contributed by atoms with van der Waals surface area (Å²) >= 11 is 0. The van der Waals surface area contributed by atoms with Gasteiger partial charge in [-0.1, -0.05) is 25.1 Å². The molecule has 3 rings (SSSR count). The molecule has 114 valence electrons. The van der Waals surface area contributed by atoms with E-state index in [0.717, 1.165) is 44.1 Å². The number of nitrogens with two attached hydrogens (primary N) is 1. The van der Waals surface area contributed by atoms with E-state index in [1.807, 2.05) is 12.1 Å². The molecule has 4 heteroatoms. The highest BCUT2D eigenvalue weighted by atomic mass is 16.3. The lowest BCUT2D eigenvalue weighted by Crippen LogP contribution is -2.48. The molecule has 2 heterocycles. The van der Waals surface area contributed by atoms with Crippen LogP contribution in [0.4, 0.5) is 0 Å². The molecule has 1 fully saturated rings. The number of benzene rings is 1. The third kappa shape index (κ3) is 2.71. The molecule has 1 aliphatic heterocycles. The van der Waals surface area contributed by atoms with E-state index in [1.54, 1.807) is 0 Å². The highest BCUT2D eigenvalue weighted by Crippen LogP contribution is 2.33. The monoisotopic (exact) mass is 287 g/mol. The van der Waals surface area contributed by atoms with Crippen LogP contribution in [-0.4, -0.2) is 49.1 Å². The minimum atomic E-state index is 0.257. The Morgan fingerprint density at radius 2 is 1.90 bits per heavy atom. The molecule has 2 aromatic rings. The van der Waals surface area contributed by atoms with Crippen molar-refractivity contribution in [2.75, 3.05) is 39.3 Å². The lowest BCUT2D eigenvalue weighted by Gasteiger charge is -2.38. The molecule has 1 saturated heterocycles. The maximum atomic E-state index is 6.12. The molecule has 0 aliphatic carbocycles. The Labute approximate surface area is 126 Å². The number of nitrogens with zero attached hydrogens (tertiary/aromatic N) is 2. The van der Waals surface area contributed by atoms with Crippen molar-refractivity contribution in [3.05, 3.63) is 35.6 Å². The smallest absolute Gasteiger partial charge is 0.134 e. The molecule has 21 heavy (non-hydrogen) atoms. The Bertz CT molecular complexity index is 599. The van der Waals surface area contributed by atoms with Crippen molar-refractivity contribution in [2.24, 2.45) is 5.73 Å². The molecular weight excluding hydrogens is 262 g/mol. The van der Waals surface area contributed by atoms with E-state index in [0.29, 0.717) is 6.54 Å². The average Bonchev–Trinajstić information content (AvgIpc) is 2.85. The first-order valence-electron chi connectivity index (χ1n) is 7.89. The summed E-state index contributed by atoms with van der Waals surface area (Å²) in [5.41, 5.74) is 8.37.